The van der Waals surface area contributed by atoms with Crippen molar-refractivity contribution in [3.8, 4) is 0 Å². The van der Waals surface area contributed by atoms with Gasteiger partial charge in [0.25, 0.3) is 5.92 Å². The van der Waals surface area contributed by atoms with E-state index in [1.807, 2.05) is 0 Å². The van der Waals surface area contributed by atoms with Crippen LogP contribution in [0.5, 0.6) is 0 Å². The summed E-state index contributed by atoms with van der Waals surface area (Å²) in [5, 5.41) is 8.42. The second kappa shape index (κ2) is 16.5. The molecule has 8 heteroatoms. The second-order valence-electron chi connectivity index (χ2n) is 8.21. The first-order chi connectivity index (χ1) is 14.0. The van der Waals surface area contributed by atoms with Gasteiger partial charge in [0.05, 0.1) is 6.42 Å². The van der Waals surface area contributed by atoms with Crippen molar-refractivity contribution in [1.29, 1.82) is 0 Å². The predicted octanol–water partition coefficient (Wildman–Crippen LogP) is 7.86. The van der Waals surface area contributed by atoms with Crippen LogP contribution < -0.4 is 0 Å². The van der Waals surface area contributed by atoms with Crippen molar-refractivity contribution in [2.24, 2.45) is 0 Å². The molecule has 0 aromatic rings. The average Bonchev–Trinajstić information content (AvgIpc) is 2.59. The Morgan fingerprint density at radius 1 is 0.567 bits per heavy atom. The topological polar surface area (TPSA) is 54.4 Å². The standard InChI is InChI=1S/C22H37F5O3/c23-21(24,18-19(28)17-20(29)30)15-13-11-9-7-5-3-1-2-4-6-8-10-12-14-16-22(25,26)27/h1-18H2,(H,29,30). The maximum Gasteiger partial charge on any atom is 0.389 e. The number of carboxylic acids is 1. The van der Waals surface area contributed by atoms with Crippen molar-refractivity contribution in [2.75, 3.05) is 0 Å². The van der Waals surface area contributed by atoms with E-state index in [1.165, 1.54) is 0 Å². The Bertz CT molecular complexity index is 464. The van der Waals surface area contributed by atoms with E-state index in [1.54, 1.807) is 0 Å². The van der Waals surface area contributed by atoms with E-state index >= 15 is 0 Å². The van der Waals surface area contributed by atoms with Crippen LogP contribution in [0.2, 0.25) is 0 Å². The van der Waals surface area contributed by atoms with Gasteiger partial charge in [0.15, 0.2) is 0 Å². The fourth-order valence-electron chi connectivity index (χ4n) is 3.44. The lowest BCUT2D eigenvalue weighted by Crippen LogP contribution is -2.22. The second-order valence-corrected chi connectivity index (χ2v) is 8.21. The first kappa shape index (κ1) is 28.8. The zero-order chi connectivity index (χ0) is 22.9. The summed E-state index contributed by atoms with van der Waals surface area (Å²) in [6.07, 6.45) is 5.24. The Hall–Kier alpha value is -1.21. The number of aliphatic carboxylic acids is 1. The van der Waals surface area contributed by atoms with E-state index in [0.29, 0.717) is 19.3 Å². The highest BCUT2D eigenvalue weighted by atomic mass is 19.4. The van der Waals surface area contributed by atoms with Crippen molar-refractivity contribution in [2.45, 2.75) is 128 Å². The third-order valence-electron chi connectivity index (χ3n) is 5.06. The average molecular weight is 445 g/mol. The fourth-order valence-corrected chi connectivity index (χ4v) is 3.44. The van der Waals surface area contributed by atoms with Crippen molar-refractivity contribution < 1.29 is 36.6 Å². The lowest BCUT2D eigenvalue weighted by Gasteiger charge is -2.14. The first-order valence-corrected chi connectivity index (χ1v) is 11.2. The molecule has 0 unspecified atom stereocenters. The van der Waals surface area contributed by atoms with Crippen molar-refractivity contribution in [3.05, 3.63) is 0 Å². The number of carbonyl (C=O) groups excluding carboxylic acids is 1. The van der Waals surface area contributed by atoms with Gasteiger partial charge in [0, 0.05) is 12.8 Å². The van der Waals surface area contributed by atoms with Gasteiger partial charge in [-0.05, 0) is 12.8 Å². The van der Waals surface area contributed by atoms with Gasteiger partial charge in [-0.3, -0.25) is 9.59 Å². The van der Waals surface area contributed by atoms with Crippen LogP contribution in [-0.4, -0.2) is 29.0 Å². The van der Waals surface area contributed by atoms with Gasteiger partial charge < -0.3 is 5.11 Å². The molecule has 0 heterocycles. The quantitative estimate of drug-likeness (QED) is 0.118. The molecule has 0 saturated carbocycles. The molecular weight excluding hydrogens is 407 g/mol. The highest BCUT2D eigenvalue weighted by Gasteiger charge is 2.31. The third kappa shape index (κ3) is 21.5. The predicted molar refractivity (Wildman–Crippen MR) is 107 cm³/mol. The van der Waals surface area contributed by atoms with Crippen LogP contribution in [0.1, 0.15) is 116 Å². The number of hydrogen-bond acceptors (Lipinski definition) is 2. The minimum Gasteiger partial charge on any atom is -0.481 e. The summed E-state index contributed by atoms with van der Waals surface area (Å²) < 4.78 is 63.1. The van der Waals surface area contributed by atoms with Crippen molar-refractivity contribution in [3.63, 3.8) is 0 Å². The number of alkyl halides is 5. The molecule has 0 atom stereocenters. The molecule has 1 N–H and O–H groups in total. The van der Waals surface area contributed by atoms with E-state index in [0.717, 1.165) is 64.2 Å². The zero-order valence-corrected chi connectivity index (χ0v) is 17.9. The molecule has 0 aliphatic heterocycles. The van der Waals surface area contributed by atoms with Crippen molar-refractivity contribution >= 4 is 11.8 Å². The maximum absolute atomic E-state index is 13.6. The fraction of sp³-hybridized carbons (Fsp3) is 0.909. The van der Waals surface area contributed by atoms with Crippen LogP contribution in [0, 0.1) is 0 Å². The molecule has 0 fully saturated rings. The lowest BCUT2D eigenvalue weighted by atomic mass is 10.0. The minimum atomic E-state index is -4.03. The minimum absolute atomic E-state index is 0.226. The molecule has 178 valence electrons. The summed E-state index contributed by atoms with van der Waals surface area (Å²) in [5.41, 5.74) is 0. The third-order valence-corrected chi connectivity index (χ3v) is 5.06. The van der Waals surface area contributed by atoms with Crippen molar-refractivity contribution in [1.82, 2.24) is 0 Å². The monoisotopic (exact) mass is 444 g/mol. The summed E-state index contributed by atoms with van der Waals surface area (Å²) in [5.74, 6) is -5.44. The Labute approximate surface area is 176 Å². The van der Waals surface area contributed by atoms with Crippen LogP contribution in [0.4, 0.5) is 22.0 Å². The van der Waals surface area contributed by atoms with Gasteiger partial charge in [-0.25, -0.2) is 8.78 Å². The Balaban J connectivity index is 3.36. The van der Waals surface area contributed by atoms with E-state index in [-0.39, 0.29) is 12.8 Å². The molecule has 30 heavy (non-hydrogen) atoms. The SMILES string of the molecule is O=C(O)CC(=O)CC(F)(F)CCCCCCCCCCCCCCCCC(F)(F)F. The van der Waals surface area contributed by atoms with Crippen LogP contribution in [0.25, 0.3) is 0 Å². The van der Waals surface area contributed by atoms with Gasteiger partial charge in [-0.15, -0.1) is 0 Å². The molecule has 3 nitrogen and oxygen atoms in total. The van der Waals surface area contributed by atoms with Gasteiger partial charge in [0.1, 0.15) is 12.2 Å². The summed E-state index contributed by atoms with van der Waals surface area (Å²) >= 11 is 0. The molecule has 0 spiro atoms. The number of unbranched alkanes of at least 4 members (excludes halogenated alkanes) is 13. The largest absolute Gasteiger partial charge is 0.481 e. The molecular formula is C22H37F5O3. The first-order valence-electron chi connectivity index (χ1n) is 11.2. The van der Waals surface area contributed by atoms with E-state index in [4.69, 9.17) is 5.11 Å². The molecule has 0 saturated heterocycles. The molecule has 0 aliphatic carbocycles. The Morgan fingerprint density at radius 2 is 0.900 bits per heavy atom. The summed E-state index contributed by atoms with van der Waals surface area (Å²) in [4.78, 5) is 21.5. The molecule has 0 radical (unpaired) electrons. The smallest absolute Gasteiger partial charge is 0.389 e. The molecule has 0 aromatic carbocycles. The van der Waals surface area contributed by atoms with E-state index < -0.39 is 43.1 Å². The van der Waals surface area contributed by atoms with Crippen LogP contribution in [0.3, 0.4) is 0 Å². The van der Waals surface area contributed by atoms with Gasteiger partial charge in [0.2, 0.25) is 0 Å². The highest BCUT2D eigenvalue weighted by molar-refractivity contribution is 5.95. The molecule has 0 rings (SSSR count). The number of halogens is 5. The number of rotatable bonds is 20. The number of Topliss-reactive ketones (excluding diaryl/α,β-unsaturated/α-hetero) is 1. The maximum atomic E-state index is 13.6. The van der Waals surface area contributed by atoms with Gasteiger partial charge in [-0.1, -0.05) is 77.0 Å². The summed E-state index contributed by atoms with van der Waals surface area (Å²) in [7, 11) is 0. The van der Waals surface area contributed by atoms with Crippen LogP contribution in [-0.2, 0) is 9.59 Å². The molecule has 0 aliphatic rings. The molecule has 0 amide bonds. The van der Waals surface area contributed by atoms with Gasteiger partial charge in [-0.2, -0.15) is 13.2 Å². The van der Waals surface area contributed by atoms with Crippen LogP contribution in [0.15, 0.2) is 0 Å². The van der Waals surface area contributed by atoms with Crippen LogP contribution >= 0.6 is 0 Å². The lowest BCUT2D eigenvalue weighted by molar-refractivity contribution is -0.142. The van der Waals surface area contributed by atoms with E-state index in [9.17, 15) is 31.5 Å². The zero-order valence-electron chi connectivity index (χ0n) is 17.9. The summed E-state index contributed by atoms with van der Waals surface area (Å²) in [6.45, 7) is 0. The summed E-state index contributed by atoms with van der Waals surface area (Å²) in [6, 6.07) is 0. The normalized spacial score (nSPS) is 12.3. The van der Waals surface area contributed by atoms with E-state index in [2.05, 4.69) is 0 Å². The number of carboxylic acid groups (broad SMARTS) is 1. The highest BCUT2D eigenvalue weighted by Crippen LogP contribution is 2.27. The number of carbonyl (C=O) groups is 2. The molecule has 0 bridgehead atoms. The number of ketones is 1. The number of hydrogen-bond donors (Lipinski definition) is 1. The van der Waals surface area contributed by atoms with Gasteiger partial charge >= 0.3 is 12.1 Å². The Morgan fingerprint density at radius 3 is 1.23 bits per heavy atom. The molecule has 0 aromatic heterocycles. The Kier molecular flexibility index (Phi) is 15.8.